The maximum Gasteiger partial charge on any atom is 0.202 e. The fraction of sp³-hybridized carbons (Fsp3) is 0. The maximum absolute atomic E-state index is 12.6. The number of hydrogen-bond acceptors (Lipinski definition) is 5. The Kier molecular flexibility index (Phi) is 3.62. The molecular formula is C21H12N2OS2. The van der Waals surface area contributed by atoms with E-state index < -0.39 is 0 Å². The summed E-state index contributed by atoms with van der Waals surface area (Å²) < 4.78 is 1.13. The van der Waals surface area contributed by atoms with Gasteiger partial charge in [-0.3, -0.25) is 9.78 Å². The van der Waals surface area contributed by atoms with Crippen molar-refractivity contribution in [3.05, 3.63) is 83.4 Å². The number of ketones is 1. The molecule has 0 saturated carbocycles. The Morgan fingerprint density at radius 3 is 2.62 bits per heavy atom. The second-order valence-electron chi connectivity index (χ2n) is 5.86. The Hall–Kier alpha value is -2.89. The number of rotatable bonds is 3. The van der Waals surface area contributed by atoms with Crippen LogP contribution in [0.1, 0.15) is 15.2 Å². The van der Waals surface area contributed by atoms with E-state index in [4.69, 9.17) is 4.98 Å². The van der Waals surface area contributed by atoms with Gasteiger partial charge >= 0.3 is 0 Å². The van der Waals surface area contributed by atoms with Crippen LogP contribution in [0.5, 0.6) is 0 Å². The summed E-state index contributed by atoms with van der Waals surface area (Å²) >= 11 is 3.14. The largest absolute Gasteiger partial charge is 0.288 e. The van der Waals surface area contributed by atoms with Gasteiger partial charge in [0.15, 0.2) is 0 Å². The van der Waals surface area contributed by atoms with Gasteiger partial charge in [-0.1, -0.05) is 30.3 Å². The Morgan fingerprint density at radius 1 is 0.846 bits per heavy atom. The van der Waals surface area contributed by atoms with Crippen molar-refractivity contribution in [3.8, 4) is 9.88 Å². The highest BCUT2D eigenvalue weighted by molar-refractivity contribution is 7.26. The van der Waals surface area contributed by atoms with E-state index in [2.05, 4.69) is 11.1 Å². The molecule has 26 heavy (non-hydrogen) atoms. The second kappa shape index (κ2) is 6.12. The summed E-state index contributed by atoms with van der Waals surface area (Å²) in [5, 5.41) is 2.00. The molecule has 2 aromatic carbocycles. The van der Waals surface area contributed by atoms with Crippen LogP contribution in [0.15, 0.2) is 72.9 Å². The second-order valence-corrected chi connectivity index (χ2v) is 7.97. The van der Waals surface area contributed by atoms with Crippen LogP contribution < -0.4 is 0 Å². The molecule has 124 valence electrons. The van der Waals surface area contributed by atoms with Gasteiger partial charge in [0.2, 0.25) is 5.78 Å². The number of nitrogens with zero attached hydrogens (tertiary/aromatic N) is 2. The molecule has 3 nitrogen and oxygen atoms in total. The van der Waals surface area contributed by atoms with Gasteiger partial charge in [-0.2, -0.15) is 0 Å². The van der Waals surface area contributed by atoms with E-state index in [-0.39, 0.29) is 5.78 Å². The number of thiazole rings is 1. The number of carbonyl (C=O) groups excluding carboxylic acids is 1. The molecule has 0 aliphatic heterocycles. The summed E-state index contributed by atoms with van der Waals surface area (Å²) in [4.78, 5) is 23.6. The van der Waals surface area contributed by atoms with Crippen molar-refractivity contribution in [2.45, 2.75) is 0 Å². The van der Waals surface area contributed by atoms with Gasteiger partial charge in [-0.15, -0.1) is 22.7 Å². The zero-order chi connectivity index (χ0) is 17.5. The van der Waals surface area contributed by atoms with Crippen molar-refractivity contribution >= 4 is 49.6 Å². The summed E-state index contributed by atoms with van der Waals surface area (Å²) in [6.45, 7) is 0. The Labute approximate surface area is 157 Å². The van der Waals surface area contributed by atoms with Gasteiger partial charge in [-0.25, -0.2) is 4.98 Å². The van der Waals surface area contributed by atoms with Crippen LogP contribution in [0.3, 0.4) is 0 Å². The average molecular weight is 372 g/mol. The number of aromatic nitrogens is 2. The fourth-order valence-electron chi connectivity index (χ4n) is 2.96. The number of fused-ring (bicyclic) bond motifs is 3. The predicted molar refractivity (Wildman–Crippen MR) is 108 cm³/mol. The zero-order valence-electron chi connectivity index (χ0n) is 13.5. The molecule has 5 heteroatoms. The monoisotopic (exact) mass is 372 g/mol. The molecule has 0 radical (unpaired) electrons. The lowest BCUT2D eigenvalue weighted by atomic mass is 10.1. The molecule has 5 rings (SSSR count). The van der Waals surface area contributed by atoms with Gasteiger partial charge < -0.3 is 0 Å². The highest BCUT2D eigenvalue weighted by Gasteiger charge is 2.15. The number of carbonyl (C=O) groups is 1. The first-order valence-electron chi connectivity index (χ1n) is 8.14. The summed E-state index contributed by atoms with van der Waals surface area (Å²) in [7, 11) is 0. The molecule has 0 fully saturated rings. The van der Waals surface area contributed by atoms with Crippen molar-refractivity contribution < 1.29 is 4.79 Å². The highest BCUT2D eigenvalue weighted by atomic mass is 32.1. The lowest BCUT2D eigenvalue weighted by Crippen LogP contribution is -1.97. The van der Waals surface area contributed by atoms with E-state index in [1.807, 2.05) is 60.7 Å². The molecule has 5 aromatic rings. The first-order valence-corrected chi connectivity index (χ1v) is 9.77. The molecule has 0 aliphatic rings. The molecule has 0 bridgehead atoms. The van der Waals surface area contributed by atoms with E-state index >= 15 is 0 Å². The Bertz CT molecular complexity index is 1250. The van der Waals surface area contributed by atoms with E-state index in [9.17, 15) is 4.79 Å². The van der Waals surface area contributed by atoms with Crippen molar-refractivity contribution in [2.24, 2.45) is 0 Å². The molecular weight excluding hydrogens is 360 g/mol. The van der Waals surface area contributed by atoms with Crippen LogP contribution >= 0.6 is 22.7 Å². The number of thiophene rings is 1. The molecule has 0 amide bonds. The predicted octanol–water partition coefficient (Wildman–Crippen LogP) is 5.80. The number of benzene rings is 2. The van der Waals surface area contributed by atoms with Crippen LogP contribution in [0.2, 0.25) is 0 Å². The maximum atomic E-state index is 12.6. The van der Waals surface area contributed by atoms with Crippen LogP contribution in [-0.4, -0.2) is 15.8 Å². The van der Waals surface area contributed by atoms with Crippen LogP contribution in [-0.2, 0) is 0 Å². The smallest absolute Gasteiger partial charge is 0.202 e. The van der Waals surface area contributed by atoms with Crippen LogP contribution in [0.4, 0.5) is 0 Å². The van der Waals surface area contributed by atoms with E-state index in [0.29, 0.717) is 5.56 Å². The first-order chi connectivity index (χ1) is 12.8. The van der Waals surface area contributed by atoms with Crippen molar-refractivity contribution in [3.63, 3.8) is 0 Å². The molecule has 3 heterocycles. The fourth-order valence-corrected chi connectivity index (χ4v) is 4.96. The van der Waals surface area contributed by atoms with Gasteiger partial charge in [0, 0.05) is 17.1 Å². The topological polar surface area (TPSA) is 42.9 Å². The first kappa shape index (κ1) is 15.4. The molecule has 0 unspecified atom stereocenters. The lowest BCUT2D eigenvalue weighted by Gasteiger charge is -1.96. The van der Waals surface area contributed by atoms with Gasteiger partial charge in [0.25, 0.3) is 0 Å². The molecule has 0 aliphatic carbocycles. The Balaban J connectivity index is 1.58. The molecule has 0 saturated heterocycles. The van der Waals surface area contributed by atoms with Crippen molar-refractivity contribution in [1.82, 2.24) is 9.97 Å². The van der Waals surface area contributed by atoms with E-state index in [1.54, 1.807) is 17.5 Å². The SMILES string of the molecule is O=C(c1ccccc1)c1ccc(-c2nc3c(ccc4ncccc43)s2)s1. The average Bonchev–Trinajstić information content (AvgIpc) is 3.35. The summed E-state index contributed by atoms with van der Waals surface area (Å²) in [6.07, 6.45) is 1.79. The molecule has 3 aromatic heterocycles. The molecule has 0 N–H and O–H groups in total. The van der Waals surface area contributed by atoms with Crippen LogP contribution in [0.25, 0.3) is 31.0 Å². The Morgan fingerprint density at radius 2 is 1.73 bits per heavy atom. The third-order valence-corrected chi connectivity index (χ3v) is 6.49. The zero-order valence-corrected chi connectivity index (χ0v) is 15.2. The van der Waals surface area contributed by atoms with E-state index in [0.717, 1.165) is 35.9 Å². The number of pyridine rings is 1. The van der Waals surface area contributed by atoms with Gasteiger partial charge in [-0.05, 0) is 36.4 Å². The third-order valence-electron chi connectivity index (χ3n) is 4.22. The summed E-state index contributed by atoms with van der Waals surface area (Å²) in [5.74, 6) is 0.0533. The lowest BCUT2D eigenvalue weighted by molar-refractivity contribution is 0.104. The third kappa shape index (κ3) is 2.53. The molecule has 0 atom stereocenters. The van der Waals surface area contributed by atoms with E-state index in [1.165, 1.54) is 11.3 Å². The normalized spacial score (nSPS) is 11.2. The highest BCUT2D eigenvalue weighted by Crippen LogP contribution is 2.37. The minimum atomic E-state index is 0.0533. The minimum Gasteiger partial charge on any atom is -0.288 e. The standard InChI is InChI=1S/C21H12N2OS2/c24-20(13-5-2-1-3-6-13)17-10-11-18(25-17)21-23-19-14-7-4-12-22-15(14)8-9-16(19)26-21/h1-12H. The summed E-state index contributed by atoms with van der Waals surface area (Å²) in [5.41, 5.74) is 2.63. The van der Waals surface area contributed by atoms with Gasteiger partial charge in [0.1, 0.15) is 5.01 Å². The number of hydrogen-bond donors (Lipinski definition) is 0. The minimum absolute atomic E-state index is 0.0533. The van der Waals surface area contributed by atoms with Gasteiger partial charge in [0.05, 0.1) is 25.5 Å². The quantitative estimate of drug-likeness (QED) is 0.376. The summed E-state index contributed by atoms with van der Waals surface area (Å²) in [6, 6.07) is 21.3. The molecule has 0 spiro atoms. The van der Waals surface area contributed by atoms with Crippen molar-refractivity contribution in [2.75, 3.05) is 0 Å². The van der Waals surface area contributed by atoms with Crippen LogP contribution in [0, 0.1) is 0 Å². The van der Waals surface area contributed by atoms with Crippen molar-refractivity contribution in [1.29, 1.82) is 0 Å².